The molecule has 1 unspecified atom stereocenters. The molecule has 12 heteroatoms. The molecule has 2 aromatic carbocycles. The van der Waals surface area contributed by atoms with Crippen LogP contribution < -0.4 is 159 Å². The number of hydrogen-bond acceptors (Lipinski definition) is 4. The molecule has 3 N–H and O–H groups in total. The summed E-state index contributed by atoms with van der Waals surface area (Å²) in [5, 5.41) is 0. The second-order valence-corrected chi connectivity index (χ2v) is 8.58. The van der Waals surface area contributed by atoms with Crippen LogP contribution in [0.3, 0.4) is 0 Å². The van der Waals surface area contributed by atoms with Crippen molar-refractivity contribution in [3.63, 3.8) is 0 Å². The first-order chi connectivity index (χ1) is 10.7. The summed E-state index contributed by atoms with van der Waals surface area (Å²) >= 11 is 0. The van der Waals surface area contributed by atoms with Gasteiger partial charge in [0.15, 0.2) is 4.99 Å². The van der Waals surface area contributed by atoms with Crippen molar-refractivity contribution < 1.29 is 190 Å². The summed E-state index contributed by atoms with van der Waals surface area (Å²) < 4.78 is 48.3. The summed E-state index contributed by atoms with van der Waals surface area (Å²) in [4.78, 5) is 16.0. The molecule has 0 radical (unpaired) electrons. The minimum absolute atomic E-state index is 0. The van der Waals surface area contributed by atoms with E-state index < -0.39 is 29.1 Å². The quantitative estimate of drug-likeness (QED) is 0.215. The average molecular weight is 479 g/mol. The molecule has 0 amide bonds. The van der Waals surface area contributed by atoms with Crippen LogP contribution in [0.25, 0.3) is 0 Å². The minimum Gasteiger partial charge on any atom is -1.00 e. The normalized spacial score (nSPS) is 12.0. The van der Waals surface area contributed by atoms with Crippen LogP contribution >= 0.6 is 7.60 Å². The van der Waals surface area contributed by atoms with E-state index in [9.17, 15) is 13.0 Å². The molecule has 0 aliphatic rings. The Hall–Kier alpha value is 3.21. The van der Waals surface area contributed by atoms with Gasteiger partial charge in [-0.3, -0.25) is 9.12 Å². The molecule has 0 spiro atoms. The standard InChI is InChI=1S/C14H15O7PS.3K.3H/c15-22(16,17)14(23(18,19)20)10-11-5-4-8-13(9-11)21-12-6-2-1-3-7-12;;;;;;/h1-9,14H,10H2,(H2,15,16,17)(H,18,19,20);;;;;;/q;3*+1;3*-1. The Labute approximate surface area is 284 Å². The number of benzene rings is 2. The van der Waals surface area contributed by atoms with Crippen molar-refractivity contribution in [2.45, 2.75) is 11.4 Å². The third-order valence-corrected chi connectivity index (χ3v) is 6.42. The van der Waals surface area contributed by atoms with E-state index in [0.29, 0.717) is 17.1 Å². The second kappa shape index (κ2) is 14.3. The first-order valence-corrected chi connectivity index (χ1v) is 9.68. The Balaban J connectivity index is -0.000000320. The van der Waals surface area contributed by atoms with Crippen molar-refractivity contribution in [3.8, 4) is 11.5 Å². The number of rotatable bonds is 6. The first-order valence-electron chi connectivity index (χ1n) is 6.49. The molecule has 0 aliphatic carbocycles. The van der Waals surface area contributed by atoms with Crippen LogP contribution in [-0.4, -0.2) is 27.7 Å². The van der Waals surface area contributed by atoms with Gasteiger partial charge in [-0.15, -0.1) is 0 Å². The molecule has 1 atom stereocenters. The van der Waals surface area contributed by atoms with E-state index in [2.05, 4.69) is 0 Å². The van der Waals surface area contributed by atoms with Crippen molar-refractivity contribution in [2.24, 2.45) is 0 Å². The fraction of sp³-hybridized carbons (Fsp3) is 0.143. The molecule has 0 bridgehead atoms. The molecule has 7 nitrogen and oxygen atoms in total. The van der Waals surface area contributed by atoms with Crippen LogP contribution in [0, 0.1) is 0 Å². The summed E-state index contributed by atoms with van der Waals surface area (Å²) in [5.41, 5.74) is 0.310. The van der Waals surface area contributed by atoms with Crippen molar-refractivity contribution in [1.82, 2.24) is 0 Å². The predicted molar refractivity (Wildman–Crippen MR) is 87.4 cm³/mol. The van der Waals surface area contributed by atoms with Crippen LogP contribution in [0.15, 0.2) is 54.6 Å². The largest absolute Gasteiger partial charge is 1.00 e. The van der Waals surface area contributed by atoms with Crippen LogP contribution in [0.4, 0.5) is 0 Å². The van der Waals surface area contributed by atoms with Gasteiger partial charge in [-0.1, -0.05) is 30.3 Å². The van der Waals surface area contributed by atoms with E-state index in [1.165, 1.54) is 12.1 Å². The molecular formula is C14H18K3O7PS. The molecule has 0 saturated carbocycles. The monoisotopic (exact) mass is 478 g/mol. The predicted octanol–water partition coefficient (Wildman–Crippen LogP) is -6.24. The summed E-state index contributed by atoms with van der Waals surface area (Å²) in [5.74, 6) is 0.944. The second-order valence-electron chi connectivity index (χ2n) is 4.83. The van der Waals surface area contributed by atoms with Gasteiger partial charge in [0, 0.05) is 6.42 Å². The van der Waals surface area contributed by atoms with Crippen LogP contribution in [0.1, 0.15) is 9.84 Å². The van der Waals surface area contributed by atoms with Crippen molar-refractivity contribution in [3.05, 3.63) is 60.2 Å². The summed E-state index contributed by atoms with van der Waals surface area (Å²) in [6.07, 6.45) is -0.533. The van der Waals surface area contributed by atoms with E-state index in [1.807, 2.05) is 6.07 Å². The Morgan fingerprint density at radius 1 is 0.962 bits per heavy atom. The summed E-state index contributed by atoms with van der Waals surface area (Å²) in [6.45, 7) is 0. The van der Waals surface area contributed by atoms with Gasteiger partial charge in [0.25, 0.3) is 10.1 Å². The van der Waals surface area contributed by atoms with Crippen molar-refractivity contribution >= 4 is 17.7 Å². The maximum absolute atomic E-state index is 11.3. The third kappa shape index (κ3) is 11.0. The topological polar surface area (TPSA) is 121 Å². The van der Waals surface area contributed by atoms with Gasteiger partial charge in [0.2, 0.25) is 0 Å². The Morgan fingerprint density at radius 2 is 1.50 bits per heavy atom. The van der Waals surface area contributed by atoms with Crippen molar-refractivity contribution in [2.75, 3.05) is 0 Å². The molecule has 2 rings (SSSR count). The van der Waals surface area contributed by atoms with Gasteiger partial charge in [-0.05, 0) is 29.8 Å². The van der Waals surface area contributed by atoms with Gasteiger partial charge in [-0.2, -0.15) is 8.42 Å². The van der Waals surface area contributed by atoms with Crippen LogP contribution in [0.5, 0.6) is 11.5 Å². The van der Waals surface area contributed by atoms with Crippen molar-refractivity contribution in [1.29, 1.82) is 0 Å². The van der Waals surface area contributed by atoms with E-state index in [1.54, 1.807) is 36.4 Å². The number of para-hydroxylation sites is 1. The van der Waals surface area contributed by atoms with E-state index in [-0.39, 0.29) is 158 Å². The maximum Gasteiger partial charge on any atom is 1.00 e. The fourth-order valence-corrected chi connectivity index (χ4v) is 4.20. The third-order valence-electron chi connectivity index (χ3n) is 3.01. The summed E-state index contributed by atoms with van der Waals surface area (Å²) in [6, 6.07) is 15.0. The van der Waals surface area contributed by atoms with Crippen LogP contribution in [-0.2, 0) is 21.1 Å². The zero-order valence-corrected chi connectivity index (χ0v) is 25.9. The van der Waals surface area contributed by atoms with E-state index in [4.69, 9.17) is 19.1 Å². The molecule has 2 aromatic rings. The Kier molecular flexibility index (Phi) is 17.3. The van der Waals surface area contributed by atoms with E-state index >= 15 is 0 Å². The zero-order valence-electron chi connectivity index (χ0n) is 17.8. The van der Waals surface area contributed by atoms with Gasteiger partial charge in [0.05, 0.1) is 0 Å². The molecule has 0 aliphatic heterocycles. The average Bonchev–Trinajstić information content (AvgIpc) is 2.44. The SMILES string of the molecule is O=P(O)(O)C(Cc1cccc(Oc2ccccc2)c1)S(=O)(=O)O.[H-].[H-].[H-].[K+].[K+].[K+]. The molecule has 130 valence electrons. The maximum atomic E-state index is 11.3. The van der Waals surface area contributed by atoms with Gasteiger partial charge in [-0.25, -0.2) is 0 Å². The van der Waals surface area contributed by atoms with Gasteiger partial charge < -0.3 is 18.8 Å². The van der Waals surface area contributed by atoms with Crippen LogP contribution in [0.2, 0.25) is 0 Å². The Bertz CT molecular complexity index is 841. The zero-order chi connectivity index (χ0) is 17.1. The fourth-order valence-electron chi connectivity index (χ4n) is 1.96. The Morgan fingerprint density at radius 3 is 2.00 bits per heavy atom. The first kappa shape index (κ1) is 31.4. The minimum atomic E-state index is -5.02. The molecular weight excluding hydrogens is 460 g/mol. The van der Waals surface area contributed by atoms with E-state index in [0.717, 1.165) is 0 Å². The number of ether oxygens (including phenoxy) is 1. The number of hydrogen-bond donors (Lipinski definition) is 3. The molecule has 26 heavy (non-hydrogen) atoms. The van der Waals surface area contributed by atoms with Gasteiger partial charge >= 0.3 is 162 Å². The summed E-state index contributed by atoms with van der Waals surface area (Å²) in [7, 11) is -9.92. The van der Waals surface area contributed by atoms with Gasteiger partial charge in [0.1, 0.15) is 11.5 Å². The molecule has 0 heterocycles. The molecule has 0 saturated heterocycles. The smallest absolute Gasteiger partial charge is 1.00 e. The molecule has 0 fully saturated rings. The molecule has 0 aromatic heterocycles.